The van der Waals surface area contributed by atoms with Crippen LogP contribution in [-0.4, -0.2) is 39.6 Å². The molecule has 0 fully saturated rings. The van der Waals surface area contributed by atoms with E-state index in [4.69, 9.17) is 20.4 Å². The van der Waals surface area contributed by atoms with Gasteiger partial charge in [0, 0.05) is 23.7 Å². The fourth-order valence-electron chi connectivity index (χ4n) is 7.13. The summed E-state index contributed by atoms with van der Waals surface area (Å²) >= 11 is 0. The number of aromatic nitrogens is 8. The molecule has 8 nitrogen and oxygen atoms in total. The number of benzene rings is 5. The van der Waals surface area contributed by atoms with E-state index in [0.717, 1.165) is 64.1 Å². The average molecular weight is 655 g/mol. The molecule has 8 rings (SSSR count). The summed E-state index contributed by atoms with van der Waals surface area (Å²) in [5.74, 6) is 1.57. The van der Waals surface area contributed by atoms with Crippen molar-refractivity contribution in [3.8, 4) is 22.5 Å². The summed E-state index contributed by atoms with van der Waals surface area (Å²) in [6, 6.07) is 50.8. The summed E-state index contributed by atoms with van der Waals surface area (Å²) in [6.07, 6.45) is 2.81. The SMILES string of the molecule is CCCc1nc2cc(CC)n(Cc3ccc(-c4ccccc4-c4nnnn4C(c4ccccc4)(c4ccccc4)c4ccccc4)cc3)n2n1. The number of rotatable bonds is 11. The first-order chi connectivity index (χ1) is 24.7. The molecule has 0 aliphatic carbocycles. The van der Waals surface area contributed by atoms with E-state index in [9.17, 15) is 0 Å². The van der Waals surface area contributed by atoms with Gasteiger partial charge in [0.25, 0.3) is 0 Å². The molecule has 5 aromatic carbocycles. The minimum atomic E-state index is -0.836. The zero-order valence-corrected chi connectivity index (χ0v) is 28.3. The van der Waals surface area contributed by atoms with Gasteiger partial charge in [-0.05, 0) is 56.6 Å². The standard InChI is InChI=1S/C42H38N8/c1-3-16-39-43-40-29-36(4-2)48(50(40)45-39)30-31-25-27-32(28-26-31)37-23-14-15-24-38(37)41-44-46-47-49(41)42(33-17-8-5-9-18-33,34-19-10-6-11-20-34)35-21-12-7-13-22-35/h5-15,17-29H,3-4,16,30H2,1-2H3. The third kappa shape index (κ3) is 5.39. The maximum absolute atomic E-state index is 4.81. The van der Waals surface area contributed by atoms with Crippen LogP contribution in [0.25, 0.3) is 28.2 Å². The maximum Gasteiger partial charge on any atom is 0.184 e. The van der Waals surface area contributed by atoms with Crippen LogP contribution >= 0.6 is 0 Å². The van der Waals surface area contributed by atoms with Gasteiger partial charge in [-0.25, -0.2) is 9.67 Å². The molecule has 0 bridgehead atoms. The van der Waals surface area contributed by atoms with Gasteiger partial charge in [-0.3, -0.25) is 4.68 Å². The predicted molar refractivity (Wildman–Crippen MR) is 197 cm³/mol. The molecule has 0 unspecified atom stereocenters. The van der Waals surface area contributed by atoms with Gasteiger partial charge in [0.1, 0.15) is 5.54 Å². The molecule has 8 aromatic rings. The van der Waals surface area contributed by atoms with Crippen LogP contribution in [0.15, 0.2) is 146 Å². The lowest BCUT2D eigenvalue weighted by molar-refractivity contribution is 0.451. The zero-order chi connectivity index (χ0) is 33.9. The van der Waals surface area contributed by atoms with Crippen molar-refractivity contribution < 1.29 is 0 Å². The predicted octanol–water partition coefficient (Wildman–Crippen LogP) is 8.25. The van der Waals surface area contributed by atoms with Gasteiger partial charge < -0.3 is 0 Å². The third-order valence-electron chi connectivity index (χ3n) is 9.48. The lowest BCUT2D eigenvalue weighted by Gasteiger charge is -2.36. The molecule has 0 N–H and O–H groups in total. The normalized spacial score (nSPS) is 11.7. The van der Waals surface area contributed by atoms with Crippen LogP contribution in [0, 0.1) is 0 Å². The number of aryl methyl sites for hydroxylation is 2. The second-order valence-corrected chi connectivity index (χ2v) is 12.5. The highest BCUT2D eigenvalue weighted by molar-refractivity contribution is 5.81. The molecule has 0 saturated heterocycles. The Morgan fingerprint density at radius 1 is 0.640 bits per heavy atom. The van der Waals surface area contributed by atoms with E-state index in [-0.39, 0.29) is 0 Å². The molecular weight excluding hydrogens is 617 g/mol. The quantitative estimate of drug-likeness (QED) is 0.131. The van der Waals surface area contributed by atoms with Gasteiger partial charge in [-0.2, -0.15) is 4.63 Å². The van der Waals surface area contributed by atoms with E-state index in [2.05, 4.69) is 151 Å². The first-order valence-electron chi connectivity index (χ1n) is 17.3. The van der Waals surface area contributed by atoms with Crippen LogP contribution in [0.3, 0.4) is 0 Å². The van der Waals surface area contributed by atoms with Crippen molar-refractivity contribution in [3.63, 3.8) is 0 Å². The van der Waals surface area contributed by atoms with Gasteiger partial charge >= 0.3 is 0 Å². The van der Waals surface area contributed by atoms with E-state index in [1.54, 1.807) is 0 Å². The van der Waals surface area contributed by atoms with Crippen molar-refractivity contribution in [1.29, 1.82) is 0 Å². The topological polar surface area (TPSA) is 78.7 Å². The van der Waals surface area contributed by atoms with Crippen molar-refractivity contribution in [2.45, 2.75) is 45.2 Å². The second-order valence-electron chi connectivity index (χ2n) is 12.5. The van der Waals surface area contributed by atoms with E-state index in [1.807, 2.05) is 27.5 Å². The Balaban J connectivity index is 1.23. The molecule has 0 spiro atoms. The molecule has 246 valence electrons. The van der Waals surface area contributed by atoms with Gasteiger partial charge in [0.15, 0.2) is 17.3 Å². The Hall–Kier alpha value is -6.15. The monoisotopic (exact) mass is 654 g/mol. The van der Waals surface area contributed by atoms with Crippen LogP contribution in [0.4, 0.5) is 0 Å². The van der Waals surface area contributed by atoms with Crippen LogP contribution in [0.2, 0.25) is 0 Å². The fraction of sp³-hybridized carbons (Fsp3) is 0.167. The number of fused-ring (bicyclic) bond motifs is 1. The molecule has 0 aliphatic heterocycles. The summed E-state index contributed by atoms with van der Waals surface area (Å²) in [7, 11) is 0. The molecule has 0 aliphatic rings. The highest BCUT2D eigenvalue weighted by Gasteiger charge is 2.42. The van der Waals surface area contributed by atoms with Crippen LogP contribution in [-0.2, 0) is 24.9 Å². The van der Waals surface area contributed by atoms with Crippen molar-refractivity contribution >= 4 is 5.65 Å². The minimum absolute atomic E-state index is 0.678. The fourth-order valence-corrected chi connectivity index (χ4v) is 7.13. The zero-order valence-electron chi connectivity index (χ0n) is 28.3. The van der Waals surface area contributed by atoms with Crippen molar-refractivity contribution in [2.24, 2.45) is 0 Å². The van der Waals surface area contributed by atoms with Gasteiger partial charge in [-0.15, -0.1) is 10.2 Å². The molecule has 0 amide bonds. The number of nitrogens with zero attached hydrogens (tertiary/aromatic N) is 8. The Bertz CT molecular complexity index is 2240. The Morgan fingerprint density at radius 2 is 1.22 bits per heavy atom. The van der Waals surface area contributed by atoms with Crippen LogP contribution in [0.1, 0.15) is 54.0 Å². The molecule has 3 heterocycles. The van der Waals surface area contributed by atoms with Crippen LogP contribution in [0.5, 0.6) is 0 Å². The number of hydrogen-bond donors (Lipinski definition) is 0. The summed E-state index contributed by atoms with van der Waals surface area (Å²) in [5.41, 5.74) is 8.74. The molecule has 0 radical (unpaired) electrons. The third-order valence-corrected chi connectivity index (χ3v) is 9.48. The van der Waals surface area contributed by atoms with Crippen molar-refractivity contribution in [3.05, 3.63) is 179 Å². The molecule has 8 heteroatoms. The molecule has 0 saturated carbocycles. The van der Waals surface area contributed by atoms with E-state index in [1.165, 1.54) is 11.3 Å². The van der Waals surface area contributed by atoms with E-state index >= 15 is 0 Å². The lowest BCUT2D eigenvalue weighted by atomic mass is 9.77. The molecule has 3 aromatic heterocycles. The Labute approximate surface area is 291 Å². The average Bonchev–Trinajstić information content (AvgIpc) is 3.90. The second kappa shape index (κ2) is 13.4. The van der Waals surface area contributed by atoms with Crippen LogP contribution < -0.4 is 0 Å². The van der Waals surface area contributed by atoms with Gasteiger partial charge in [-0.1, -0.05) is 153 Å². The number of hydrogen-bond acceptors (Lipinski definition) is 5. The largest absolute Gasteiger partial charge is 0.263 e. The minimum Gasteiger partial charge on any atom is -0.263 e. The first kappa shape index (κ1) is 31.1. The highest BCUT2D eigenvalue weighted by Crippen LogP contribution is 2.43. The first-order valence-corrected chi connectivity index (χ1v) is 17.3. The Morgan fingerprint density at radius 3 is 1.80 bits per heavy atom. The molecular formula is C42H38N8. The van der Waals surface area contributed by atoms with Gasteiger partial charge in [0.2, 0.25) is 0 Å². The summed E-state index contributed by atoms with van der Waals surface area (Å²) < 4.78 is 6.19. The van der Waals surface area contributed by atoms with Gasteiger partial charge in [0.05, 0.1) is 6.54 Å². The summed E-state index contributed by atoms with van der Waals surface area (Å²) in [4.78, 5) is 4.76. The molecule has 50 heavy (non-hydrogen) atoms. The van der Waals surface area contributed by atoms with Crippen molar-refractivity contribution in [2.75, 3.05) is 0 Å². The maximum atomic E-state index is 4.81. The highest BCUT2D eigenvalue weighted by atomic mass is 15.6. The lowest BCUT2D eigenvalue weighted by Crippen LogP contribution is -2.39. The van der Waals surface area contributed by atoms with Crippen molar-refractivity contribution in [1.82, 2.24) is 39.6 Å². The van der Waals surface area contributed by atoms with E-state index < -0.39 is 5.54 Å². The summed E-state index contributed by atoms with van der Waals surface area (Å²) in [5, 5.41) is 18.7. The van der Waals surface area contributed by atoms with E-state index in [0.29, 0.717) is 12.4 Å². The number of tetrazole rings is 1. The summed E-state index contributed by atoms with van der Waals surface area (Å²) in [6.45, 7) is 5.03. The smallest absolute Gasteiger partial charge is 0.184 e. The Kier molecular flexibility index (Phi) is 8.34. The molecule has 0 atom stereocenters.